The Labute approximate surface area is 138 Å². The van der Waals surface area contributed by atoms with E-state index in [0.717, 1.165) is 0 Å². The lowest BCUT2D eigenvalue weighted by molar-refractivity contribution is -0.154. The van der Waals surface area contributed by atoms with E-state index in [1.165, 1.54) is 11.9 Å². The minimum Gasteiger partial charge on any atom is -0.480 e. The Morgan fingerprint density at radius 3 is 2.57 bits per heavy atom. The van der Waals surface area contributed by atoms with Crippen LogP contribution in [-0.2, 0) is 14.4 Å². The van der Waals surface area contributed by atoms with Crippen molar-refractivity contribution in [3.05, 3.63) is 29.3 Å². The minimum absolute atomic E-state index is 0.227. The molecule has 1 heterocycles. The molecular formula is C16H17ClN2O4. The van der Waals surface area contributed by atoms with Gasteiger partial charge in [-0.05, 0) is 31.4 Å². The molecule has 1 aliphatic carbocycles. The number of aliphatic carboxylic acids is 1. The molecule has 0 radical (unpaired) electrons. The van der Waals surface area contributed by atoms with Gasteiger partial charge in [0.05, 0.1) is 10.7 Å². The van der Waals surface area contributed by atoms with Crippen LogP contribution < -0.4 is 4.90 Å². The van der Waals surface area contributed by atoms with Crippen molar-refractivity contribution in [1.82, 2.24) is 4.90 Å². The van der Waals surface area contributed by atoms with Crippen LogP contribution in [-0.4, -0.2) is 47.4 Å². The zero-order valence-electron chi connectivity index (χ0n) is 12.7. The summed E-state index contributed by atoms with van der Waals surface area (Å²) in [5.74, 6) is -1.82. The van der Waals surface area contributed by atoms with Crippen LogP contribution in [0, 0.1) is 5.41 Å². The molecule has 1 unspecified atom stereocenters. The van der Waals surface area contributed by atoms with E-state index < -0.39 is 23.3 Å². The highest BCUT2D eigenvalue weighted by atomic mass is 35.5. The molecule has 122 valence electrons. The Bertz CT molecular complexity index is 686. The molecule has 0 spiro atoms. The highest BCUT2D eigenvalue weighted by Crippen LogP contribution is 2.48. The molecule has 6 nitrogen and oxygen atoms in total. The number of carboxylic acids is 1. The molecule has 2 aliphatic rings. The Morgan fingerprint density at radius 1 is 1.35 bits per heavy atom. The molecule has 0 bridgehead atoms. The summed E-state index contributed by atoms with van der Waals surface area (Å²) in [4.78, 5) is 39.2. The van der Waals surface area contributed by atoms with Crippen molar-refractivity contribution in [1.29, 1.82) is 0 Å². The summed E-state index contributed by atoms with van der Waals surface area (Å²) in [6.45, 7) is 0.449. The van der Waals surface area contributed by atoms with E-state index in [1.807, 2.05) is 0 Å². The second-order valence-corrected chi connectivity index (χ2v) is 6.46. The van der Waals surface area contributed by atoms with Gasteiger partial charge in [0.25, 0.3) is 0 Å². The molecule has 7 heteroatoms. The van der Waals surface area contributed by atoms with Crippen LogP contribution in [0.5, 0.6) is 0 Å². The van der Waals surface area contributed by atoms with Gasteiger partial charge in [0, 0.05) is 13.6 Å². The highest BCUT2D eigenvalue weighted by molar-refractivity contribution is 6.34. The molecule has 1 aromatic rings. The molecule has 23 heavy (non-hydrogen) atoms. The molecule has 2 fully saturated rings. The topological polar surface area (TPSA) is 77.9 Å². The first-order valence-corrected chi connectivity index (χ1v) is 7.83. The zero-order valence-corrected chi connectivity index (χ0v) is 13.4. The molecule has 1 aromatic carbocycles. The number of hydrogen-bond donors (Lipinski definition) is 1. The van der Waals surface area contributed by atoms with Crippen LogP contribution >= 0.6 is 11.6 Å². The van der Waals surface area contributed by atoms with Crippen LogP contribution in [0.25, 0.3) is 0 Å². The average molecular weight is 337 g/mol. The van der Waals surface area contributed by atoms with Gasteiger partial charge in [-0.25, -0.2) is 0 Å². The van der Waals surface area contributed by atoms with Gasteiger partial charge >= 0.3 is 5.97 Å². The number of halogens is 1. The van der Waals surface area contributed by atoms with Crippen LogP contribution in [0.3, 0.4) is 0 Å². The van der Waals surface area contributed by atoms with E-state index in [0.29, 0.717) is 36.5 Å². The molecule has 1 saturated heterocycles. The number of benzene rings is 1. The van der Waals surface area contributed by atoms with Gasteiger partial charge in [0.1, 0.15) is 11.5 Å². The molecule has 3 rings (SSSR count). The first-order valence-electron chi connectivity index (χ1n) is 7.45. The van der Waals surface area contributed by atoms with E-state index in [1.54, 1.807) is 29.2 Å². The maximum atomic E-state index is 12.6. The number of para-hydroxylation sites is 1. The van der Waals surface area contributed by atoms with Gasteiger partial charge in [-0.3, -0.25) is 14.4 Å². The second-order valence-electron chi connectivity index (χ2n) is 6.05. The number of hydrogen-bond acceptors (Lipinski definition) is 3. The molecule has 1 N–H and O–H groups in total. The predicted molar refractivity (Wildman–Crippen MR) is 84.3 cm³/mol. The van der Waals surface area contributed by atoms with E-state index in [-0.39, 0.29) is 5.91 Å². The Hall–Kier alpha value is -2.08. The van der Waals surface area contributed by atoms with Crippen LogP contribution in [0.15, 0.2) is 24.3 Å². The summed E-state index contributed by atoms with van der Waals surface area (Å²) < 4.78 is 0. The number of amides is 2. The summed E-state index contributed by atoms with van der Waals surface area (Å²) in [7, 11) is 1.50. The first kappa shape index (κ1) is 15.8. The largest absolute Gasteiger partial charge is 0.480 e. The highest BCUT2D eigenvalue weighted by Gasteiger charge is 2.59. The fraction of sp³-hybridized carbons (Fsp3) is 0.438. The van der Waals surface area contributed by atoms with Crippen LogP contribution in [0.4, 0.5) is 5.69 Å². The fourth-order valence-electron chi connectivity index (χ4n) is 3.06. The van der Waals surface area contributed by atoms with Gasteiger partial charge < -0.3 is 14.9 Å². The van der Waals surface area contributed by atoms with E-state index in [2.05, 4.69) is 0 Å². The standard InChI is InChI=1S/C16H17ClN2O4/c1-18(14(21)16(7-8-16)15(22)23)12-6-9-19(13(12)20)11-5-3-2-4-10(11)17/h2-5,12H,6-9H2,1H3,(H,22,23). The van der Waals surface area contributed by atoms with Gasteiger partial charge in [-0.2, -0.15) is 0 Å². The SMILES string of the molecule is CN(C(=O)C1(C(=O)O)CC1)C1CCN(c2ccccc2Cl)C1=O. The number of carbonyl (C=O) groups excluding carboxylic acids is 2. The smallest absolute Gasteiger partial charge is 0.319 e. The summed E-state index contributed by atoms with van der Waals surface area (Å²) in [5, 5.41) is 9.71. The first-order chi connectivity index (χ1) is 10.9. The number of carbonyl (C=O) groups is 3. The van der Waals surface area contributed by atoms with Gasteiger partial charge in [0.2, 0.25) is 11.8 Å². The number of rotatable bonds is 4. The number of nitrogens with zero attached hydrogens (tertiary/aromatic N) is 2. The van der Waals surface area contributed by atoms with E-state index >= 15 is 0 Å². The Morgan fingerprint density at radius 2 is 2.00 bits per heavy atom. The maximum absolute atomic E-state index is 12.6. The fourth-order valence-corrected chi connectivity index (χ4v) is 3.30. The van der Waals surface area contributed by atoms with Crippen molar-refractivity contribution >= 4 is 35.1 Å². The average Bonchev–Trinajstić information content (AvgIpc) is 3.26. The van der Waals surface area contributed by atoms with Crippen molar-refractivity contribution in [2.24, 2.45) is 5.41 Å². The lowest BCUT2D eigenvalue weighted by atomic mass is 10.0. The molecule has 1 saturated carbocycles. The number of carboxylic acid groups (broad SMARTS) is 1. The molecular weight excluding hydrogens is 320 g/mol. The van der Waals surface area contributed by atoms with Crippen LogP contribution in [0.1, 0.15) is 19.3 Å². The van der Waals surface area contributed by atoms with Gasteiger partial charge in [0.15, 0.2) is 0 Å². The third kappa shape index (κ3) is 2.47. The zero-order chi connectivity index (χ0) is 16.8. The Balaban J connectivity index is 1.78. The van der Waals surface area contributed by atoms with Crippen molar-refractivity contribution in [2.75, 3.05) is 18.5 Å². The second kappa shape index (κ2) is 5.53. The molecule has 1 aliphatic heterocycles. The quantitative estimate of drug-likeness (QED) is 0.850. The lowest BCUT2D eigenvalue weighted by Gasteiger charge is -2.26. The van der Waals surface area contributed by atoms with E-state index in [9.17, 15) is 19.5 Å². The molecule has 0 aromatic heterocycles. The van der Waals surface area contributed by atoms with Gasteiger partial charge in [-0.15, -0.1) is 0 Å². The lowest BCUT2D eigenvalue weighted by Crippen LogP contribution is -2.47. The third-order valence-corrected chi connectivity index (χ3v) is 5.00. The maximum Gasteiger partial charge on any atom is 0.319 e. The Kier molecular flexibility index (Phi) is 3.80. The predicted octanol–water partition coefficient (Wildman–Crippen LogP) is 1.77. The van der Waals surface area contributed by atoms with Gasteiger partial charge in [-0.1, -0.05) is 23.7 Å². The monoisotopic (exact) mass is 336 g/mol. The molecule has 1 atom stereocenters. The van der Waals surface area contributed by atoms with Crippen molar-refractivity contribution in [3.8, 4) is 0 Å². The summed E-state index contributed by atoms with van der Waals surface area (Å²) in [5.41, 5.74) is -0.714. The number of anilines is 1. The summed E-state index contributed by atoms with van der Waals surface area (Å²) >= 11 is 6.13. The molecule has 2 amide bonds. The van der Waals surface area contributed by atoms with Crippen molar-refractivity contribution in [2.45, 2.75) is 25.3 Å². The summed E-state index contributed by atoms with van der Waals surface area (Å²) in [6, 6.07) is 6.39. The minimum atomic E-state index is -1.33. The third-order valence-electron chi connectivity index (χ3n) is 4.68. The van der Waals surface area contributed by atoms with Crippen LogP contribution in [0.2, 0.25) is 5.02 Å². The van der Waals surface area contributed by atoms with Crippen molar-refractivity contribution in [3.63, 3.8) is 0 Å². The van der Waals surface area contributed by atoms with Crippen molar-refractivity contribution < 1.29 is 19.5 Å². The normalized spacial score (nSPS) is 22.1. The summed E-state index contributed by atoms with van der Waals surface area (Å²) in [6.07, 6.45) is 1.13. The van der Waals surface area contributed by atoms with E-state index in [4.69, 9.17) is 11.6 Å². The number of likely N-dealkylation sites (N-methyl/N-ethyl adjacent to an activating group) is 1.